The zero-order valence-corrected chi connectivity index (χ0v) is 15.7. The maximum Gasteiger partial charge on any atom is 0.259 e. The van der Waals surface area contributed by atoms with Crippen LogP contribution in [0.5, 0.6) is 23.0 Å². The van der Waals surface area contributed by atoms with E-state index in [-0.39, 0.29) is 12.5 Å². The summed E-state index contributed by atoms with van der Waals surface area (Å²) in [4.78, 5) is 11.9. The summed E-state index contributed by atoms with van der Waals surface area (Å²) in [6, 6.07) is 10.7. The molecule has 0 bridgehead atoms. The first kappa shape index (κ1) is 19.9. The zero-order valence-electron chi connectivity index (χ0n) is 15.7. The zero-order chi connectivity index (χ0) is 19.6. The molecule has 0 aliphatic rings. The number of carbonyl (C=O) groups is 1. The maximum atomic E-state index is 11.9. The molecule has 0 saturated heterocycles. The molecule has 0 fully saturated rings. The fourth-order valence-electron chi connectivity index (χ4n) is 2.26. The Balaban J connectivity index is 1.96. The van der Waals surface area contributed by atoms with E-state index in [9.17, 15) is 4.79 Å². The van der Waals surface area contributed by atoms with Crippen molar-refractivity contribution < 1.29 is 23.7 Å². The number of anilines is 1. The molecule has 0 spiro atoms. The largest absolute Gasteiger partial charge is 0.497 e. The first-order valence-electron chi connectivity index (χ1n) is 8.11. The van der Waals surface area contributed by atoms with Crippen LogP contribution < -0.4 is 29.7 Å². The number of rotatable bonds is 9. The molecule has 0 heterocycles. The number of methoxy groups -OCH3 is 4. The minimum Gasteiger partial charge on any atom is -0.497 e. The minimum absolute atomic E-state index is 0.0700. The van der Waals surface area contributed by atoms with E-state index in [1.54, 1.807) is 38.5 Å². The van der Waals surface area contributed by atoms with Gasteiger partial charge in [0.05, 0.1) is 46.8 Å². The lowest BCUT2D eigenvalue weighted by Crippen LogP contribution is -2.25. The van der Waals surface area contributed by atoms with Crippen molar-refractivity contribution in [3.63, 3.8) is 0 Å². The van der Waals surface area contributed by atoms with Gasteiger partial charge in [-0.25, -0.2) is 5.43 Å². The third kappa shape index (κ3) is 5.53. The molecule has 0 saturated carbocycles. The molecule has 1 amide bonds. The Hall–Kier alpha value is -3.42. The number of amides is 1. The quantitative estimate of drug-likeness (QED) is 0.518. The highest BCUT2D eigenvalue weighted by molar-refractivity contribution is 5.89. The van der Waals surface area contributed by atoms with E-state index in [2.05, 4.69) is 15.8 Å². The highest BCUT2D eigenvalue weighted by Gasteiger charge is 2.11. The fourth-order valence-corrected chi connectivity index (χ4v) is 2.26. The molecule has 8 heteroatoms. The minimum atomic E-state index is -0.298. The number of carbonyl (C=O) groups excluding carboxylic acids is 1. The molecule has 27 heavy (non-hydrogen) atoms. The van der Waals surface area contributed by atoms with Gasteiger partial charge in [0.15, 0.2) is 0 Å². The smallest absolute Gasteiger partial charge is 0.259 e. The first-order chi connectivity index (χ1) is 13.1. The van der Waals surface area contributed by atoms with Gasteiger partial charge in [0.25, 0.3) is 5.91 Å². The Morgan fingerprint density at radius 2 is 1.52 bits per heavy atom. The number of benzene rings is 2. The van der Waals surface area contributed by atoms with Crippen molar-refractivity contribution in [1.29, 1.82) is 0 Å². The lowest BCUT2D eigenvalue weighted by molar-refractivity contribution is -0.119. The predicted molar refractivity (Wildman–Crippen MR) is 103 cm³/mol. The molecule has 2 rings (SSSR count). The van der Waals surface area contributed by atoms with Crippen LogP contribution in [0.4, 0.5) is 5.69 Å². The molecule has 0 radical (unpaired) electrons. The second kappa shape index (κ2) is 9.91. The van der Waals surface area contributed by atoms with Crippen LogP contribution in [0.3, 0.4) is 0 Å². The topological polar surface area (TPSA) is 90.4 Å². The number of nitrogens with zero attached hydrogens (tertiary/aromatic N) is 1. The summed E-state index contributed by atoms with van der Waals surface area (Å²) in [5.41, 5.74) is 3.84. The average Bonchev–Trinajstić information content (AvgIpc) is 2.72. The van der Waals surface area contributed by atoms with Gasteiger partial charge in [-0.15, -0.1) is 0 Å². The van der Waals surface area contributed by atoms with Crippen molar-refractivity contribution >= 4 is 17.8 Å². The number of hydrazone groups is 1. The average molecular weight is 373 g/mol. The van der Waals surface area contributed by atoms with Gasteiger partial charge in [-0.2, -0.15) is 5.10 Å². The molecule has 0 aliphatic heterocycles. The Kier molecular flexibility index (Phi) is 7.30. The number of hydrogen-bond acceptors (Lipinski definition) is 7. The predicted octanol–water partition coefficient (Wildman–Crippen LogP) is 2.28. The number of hydrogen-bond donors (Lipinski definition) is 2. The standard InChI is InChI=1S/C19H23N3O5/c1-24-14-7-5-13(6-8-14)20-12-19(23)22-21-11-16-17(26-3)9-15(25-2)10-18(16)27-4/h5-11,20H,12H2,1-4H3,(H,22,23)/b21-11+. The van der Waals surface area contributed by atoms with Crippen LogP contribution in [0.15, 0.2) is 41.5 Å². The summed E-state index contributed by atoms with van der Waals surface area (Å²) in [6.45, 7) is 0.0700. The van der Waals surface area contributed by atoms with E-state index in [0.29, 0.717) is 22.8 Å². The van der Waals surface area contributed by atoms with E-state index in [1.807, 2.05) is 12.1 Å². The molecule has 8 nitrogen and oxygen atoms in total. The molecular weight excluding hydrogens is 350 g/mol. The van der Waals surface area contributed by atoms with Gasteiger partial charge in [0, 0.05) is 17.8 Å². The van der Waals surface area contributed by atoms with Crippen LogP contribution in [0.1, 0.15) is 5.56 Å². The Labute approximate surface area is 158 Å². The van der Waals surface area contributed by atoms with Crippen LogP contribution in [0.25, 0.3) is 0 Å². The SMILES string of the molecule is COc1ccc(NCC(=O)N/N=C/c2c(OC)cc(OC)cc2OC)cc1. The van der Waals surface area contributed by atoms with Crippen LogP contribution in [-0.2, 0) is 4.79 Å². The Morgan fingerprint density at radius 3 is 2.04 bits per heavy atom. The van der Waals surface area contributed by atoms with Crippen LogP contribution in [0.2, 0.25) is 0 Å². The lowest BCUT2D eigenvalue weighted by Gasteiger charge is -2.12. The van der Waals surface area contributed by atoms with E-state index in [1.165, 1.54) is 20.4 Å². The summed E-state index contributed by atoms with van der Waals surface area (Å²) >= 11 is 0. The molecule has 0 unspecified atom stereocenters. The molecule has 0 aliphatic carbocycles. The van der Waals surface area contributed by atoms with Gasteiger partial charge in [-0.3, -0.25) is 4.79 Å². The lowest BCUT2D eigenvalue weighted by atomic mass is 10.2. The van der Waals surface area contributed by atoms with Gasteiger partial charge in [0.1, 0.15) is 23.0 Å². The highest BCUT2D eigenvalue weighted by Crippen LogP contribution is 2.32. The molecule has 0 atom stereocenters. The van der Waals surface area contributed by atoms with Crippen molar-refractivity contribution in [1.82, 2.24) is 5.43 Å². The molecule has 0 aromatic heterocycles. The summed E-state index contributed by atoms with van der Waals surface area (Å²) < 4.78 is 20.9. The third-order valence-electron chi connectivity index (χ3n) is 3.68. The third-order valence-corrected chi connectivity index (χ3v) is 3.68. The second-order valence-corrected chi connectivity index (χ2v) is 5.32. The van der Waals surface area contributed by atoms with Crippen LogP contribution >= 0.6 is 0 Å². The van der Waals surface area contributed by atoms with Gasteiger partial charge in [-0.1, -0.05) is 0 Å². The Bertz CT molecular complexity index is 765. The van der Waals surface area contributed by atoms with E-state index >= 15 is 0 Å². The van der Waals surface area contributed by atoms with Crippen molar-refractivity contribution in [2.75, 3.05) is 40.3 Å². The Morgan fingerprint density at radius 1 is 0.926 bits per heavy atom. The van der Waals surface area contributed by atoms with Gasteiger partial charge in [0.2, 0.25) is 0 Å². The fraction of sp³-hybridized carbons (Fsp3) is 0.263. The monoisotopic (exact) mass is 373 g/mol. The number of nitrogens with one attached hydrogen (secondary N) is 2. The van der Waals surface area contributed by atoms with Gasteiger partial charge < -0.3 is 24.3 Å². The van der Waals surface area contributed by atoms with Crippen molar-refractivity contribution in [3.05, 3.63) is 42.0 Å². The second-order valence-electron chi connectivity index (χ2n) is 5.32. The molecule has 2 aromatic carbocycles. The van der Waals surface area contributed by atoms with Crippen LogP contribution in [0, 0.1) is 0 Å². The van der Waals surface area contributed by atoms with Gasteiger partial charge >= 0.3 is 0 Å². The van der Waals surface area contributed by atoms with E-state index in [4.69, 9.17) is 18.9 Å². The van der Waals surface area contributed by atoms with Crippen LogP contribution in [-0.4, -0.2) is 47.1 Å². The summed E-state index contributed by atoms with van der Waals surface area (Å²) in [6.07, 6.45) is 1.46. The van der Waals surface area contributed by atoms with E-state index < -0.39 is 0 Å². The summed E-state index contributed by atoms with van der Waals surface area (Å²) in [7, 11) is 6.21. The number of ether oxygens (including phenoxy) is 4. The van der Waals surface area contributed by atoms with Gasteiger partial charge in [-0.05, 0) is 24.3 Å². The molecule has 144 valence electrons. The highest BCUT2D eigenvalue weighted by atomic mass is 16.5. The van der Waals surface area contributed by atoms with Crippen molar-refractivity contribution in [2.45, 2.75) is 0 Å². The van der Waals surface area contributed by atoms with Crippen molar-refractivity contribution in [3.8, 4) is 23.0 Å². The molecule has 2 N–H and O–H groups in total. The van der Waals surface area contributed by atoms with Crippen molar-refractivity contribution in [2.24, 2.45) is 5.10 Å². The summed E-state index contributed by atoms with van der Waals surface area (Å²) in [5, 5.41) is 6.97. The molecule has 2 aromatic rings. The maximum absolute atomic E-state index is 11.9. The van der Waals surface area contributed by atoms with E-state index in [0.717, 1.165) is 11.4 Å². The normalized spacial score (nSPS) is 10.4. The first-order valence-corrected chi connectivity index (χ1v) is 8.11. The summed E-state index contributed by atoms with van der Waals surface area (Å²) in [5.74, 6) is 2.07. The molecular formula is C19H23N3O5.